The molecule has 2 aromatic carbocycles. The minimum absolute atomic E-state index is 0.0421. The minimum atomic E-state index is 0.0421. The molecule has 0 saturated carbocycles. The lowest BCUT2D eigenvalue weighted by Crippen LogP contribution is -1.88. The molecule has 3 heteroatoms. The van der Waals surface area contributed by atoms with Crippen molar-refractivity contribution in [3.05, 3.63) is 58.9 Å². The predicted octanol–water partition coefficient (Wildman–Crippen LogP) is 4.73. The van der Waals surface area contributed by atoms with Gasteiger partial charge in [-0.3, -0.25) is 0 Å². The molecule has 0 saturated heterocycles. The van der Waals surface area contributed by atoms with E-state index in [2.05, 4.69) is 55.0 Å². The number of aryl methyl sites for hydroxylation is 3. The number of rotatable bonds is 2. The Hall–Kier alpha value is -2.52. The fraction of sp³-hybridized carbons (Fsp3) is 0.200. The zero-order valence-electron chi connectivity index (χ0n) is 13.6. The van der Waals surface area contributed by atoms with Crippen LogP contribution in [0.2, 0.25) is 0 Å². The third kappa shape index (κ3) is 2.01. The van der Waals surface area contributed by atoms with Crippen molar-refractivity contribution >= 4 is 21.8 Å². The molecule has 4 rings (SSSR count). The van der Waals surface area contributed by atoms with Crippen LogP contribution in [0, 0.1) is 20.8 Å². The highest BCUT2D eigenvalue weighted by Crippen LogP contribution is 2.38. The Kier molecular flexibility index (Phi) is 3.06. The van der Waals surface area contributed by atoms with Gasteiger partial charge in [0.25, 0.3) is 0 Å². The topological polar surface area (TPSA) is 51.8 Å². The number of aromatic nitrogens is 2. The van der Waals surface area contributed by atoms with E-state index in [0.29, 0.717) is 0 Å². The van der Waals surface area contributed by atoms with Crippen LogP contribution in [0.5, 0.6) is 0 Å². The number of benzene rings is 2. The maximum atomic E-state index is 9.76. The molecule has 3 N–H and O–H groups in total. The van der Waals surface area contributed by atoms with Gasteiger partial charge in [-0.1, -0.05) is 24.3 Å². The molecule has 116 valence electrons. The van der Waals surface area contributed by atoms with E-state index in [1.807, 2.05) is 12.1 Å². The fourth-order valence-electron chi connectivity index (χ4n) is 3.62. The van der Waals surface area contributed by atoms with Gasteiger partial charge in [-0.2, -0.15) is 0 Å². The van der Waals surface area contributed by atoms with Gasteiger partial charge in [-0.05, 0) is 44.0 Å². The van der Waals surface area contributed by atoms with E-state index in [1.54, 1.807) is 0 Å². The van der Waals surface area contributed by atoms with Gasteiger partial charge in [-0.25, -0.2) is 0 Å². The smallest absolute Gasteiger partial charge is 0.0688 e. The monoisotopic (exact) mass is 304 g/mol. The van der Waals surface area contributed by atoms with Crippen molar-refractivity contribution in [2.24, 2.45) is 0 Å². The summed E-state index contributed by atoms with van der Waals surface area (Å²) in [6.45, 7) is 6.36. The number of aliphatic hydroxyl groups excluding tert-OH is 1. The highest BCUT2D eigenvalue weighted by Gasteiger charge is 2.17. The van der Waals surface area contributed by atoms with E-state index in [-0.39, 0.29) is 6.61 Å². The molecule has 0 radical (unpaired) electrons. The summed E-state index contributed by atoms with van der Waals surface area (Å²) in [6.07, 6.45) is 0. The summed E-state index contributed by atoms with van der Waals surface area (Å²) in [6, 6.07) is 12.6. The minimum Gasteiger partial charge on any atom is -0.392 e. The largest absolute Gasteiger partial charge is 0.392 e. The lowest BCUT2D eigenvalue weighted by molar-refractivity contribution is 0.283. The van der Waals surface area contributed by atoms with Crippen LogP contribution >= 0.6 is 0 Å². The summed E-state index contributed by atoms with van der Waals surface area (Å²) in [5, 5.41) is 12.1. The average Bonchev–Trinajstić information content (AvgIpc) is 3.08. The lowest BCUT2D eigenvalue weighted by Gasteiger charge is -2.08. The highest BCUT2D eigenvalue weighted by molar-refractivity contribution is 6.07. The van der Waals surface area contributed by atoms with Crippen molar-refractivity contribution in [3.63, 3.8) is 0 Å². The van der Waals surface area contributed by atoms with Crippen LogP contribution in [0.3, 0.4) is 0 Å². The van der Waals surface area contributed by atoms with Crippen LogP contribution in [0.15, 0.2) is 36.4 Å². The quantitative estimate of drug-likeness (QED) is 0.492. The van der Waals surface area contributed by atoms with E-state index < -0.39 is 0 Å². The third-order valence-electron chi connectivity index (χ3n) is 4.68. The van der Waals surface area contributed by atoms with Gasteiger partial charge in [-0.15, -0.1) is 0 Å². The molecule has 23 heavy (non-hydrogen) atoms. The molecule has 0 atom stereocenters. The zero-order valence-corrected chi connectivity index (χ0v) is 13.6. The molecule has 0 fully saturated rings. The van der Waals surface area contributed by atoms with Gasteiger partial charge in [0.2, 0.25) is 0 Å². The SMILES string of the molecule is Cc1cc2c(C)ccc(-c3c(C)[nH]c4cccc(CO)c34)c2[nH]1. The Bertz CT molecular complexity index is 1040. The van der Waals surface area contributed by atoms with Gasteiger partial charge in [0, 0.05) is 38.8 Å². The summed E-state index contributed by atoms with van der Waals surface area (Å²) in [4.78, 5) is 6.97. The molecule has 0 unspecified atom stereocenters. The Balaban J connectivity index is 2.15. The molecule has 4 aromatic rings. The molecule has 0 bridgehead atoms. The van der Waals surface area contributed by atoms with Gasteiger partial charge in [0.05, 0.1) is 12.1 Å². The van der Waals surface area contributed by atoms with Gasteiger partial charge >= 0.3 is 0 Å². The summed E-state index contributed by atoms with van der Waals surface area (Å²) in [5.74, 6) is 0. The van der Waals surface area contributed by atoms with Crippen LogP contribution in [0.4, 0.5) is 0 Å². The highest BCUT2D eigenvalue weighted by atomic mass is 16.3. The Labute approximate surface area is 135 Å². The summed E-state index contributed by atoms with van der Waals surface area (Å²) in [5.41, 5.74) is 9.11. The standard InChI is InChI=1S/C20H20N2O/c1-11-7-8-15(20-16(11)9-12(2)21-20)18-13(3)22-17-6-4-5-14(10-23)19(17)18/h4-9,21-23H,10H2,1-3H3. The lowest BCUT2D eigenvalue weighted by atomic mass is 9.96. The molecule has 2 aromatic heterocycles. The van der Waals surface area contributed by atoms with Crippen LogP contribution in [0.1, 0.15) is 22.5 Å². The Morgan fingerprint density at radius 3 is 2.61 bits per heavy atom. The summed E-state index contributed by atoms with van der Waals surface area (Å²) in [7, 11) is 0. The second kappa shape index (κ2) is 5.00. The molecule has 0 amide bonds. The summed E-state index contributed by atoms with van der Waals surface area (Å²) < 4.78 is 0. The molecule has 0 aliphatic carbocycles. The number of nitrogens with one attached hydrogen (secondary N) is 2. The van der Waals surface area contributed by atoms with Gasteiger partial charge in [0.1, 0.15) is 0 Å². The summed E-state index contributed by atoms with van der Waals surface area (Å²) >= 11 is 0. The van der Waals surface area contributed by atoms with Crippen molar-refractivity contribution in [1.82, 2.24) is 9.97 Å². The van der Waals surface area contributed by atoms with Crippen LogP contribution in [-0.2, 0) is 6.61 Å². The molecule has 3 nitrogen and oxygen atoms in total. The number of hydrogen-bond donors (Lipinski definition) is 3. The van der Waals surface area contributed by atoms with Crippen LogP contribution in [0.25, 0.3) is 32.9 Å². The first-order chi connectivity index (χ1) is 11.1. The Morgan fingerprint density at radius 2 is 1.83 bits per heavy atom. The van der Waals surface area contributed by atoms with Gasteiger partial charge in [0.15, 0.2) is 0 Å². The van der Waals surface area contributed by atoms with Crippen molar-refractivity contribution < 1.29 is 5.11 Å². The first-order valence-electron chi connectivity index (χ1n) is 7.90. The molecule has 0 aliphatic heterocycles. The predicted molar refractivity (Wildman–Crippen MR) is 95.7 cm³/mol. The number of fused-ring (bicyclic) bond motifs is 2. The Morgan fingerprint density at radius 1 is 1.00 bits per heavy atom. The molecule has 0 aliphatic rings. The maximum Gasteiger partial charge on any atom is 0.0688 e. The normalized spacial score (nSPS) is 11.7. The van der Waals surface area contributed by atoms with E-state index in [9.17, 15) is 5.11 Å². The van der Waals surface area contributed by atoms with E-state index in [0.717, 1.165) is 27.9 Å². The number of hydrogen-bond acceptors (Lipinski definition) is 1. The van der Waals surface area contributed by atoms with E-state index >= 15 is 0 Å². The van der Waals surface area contributed by atoms with E-state index in [4.69, 9.17) is 0 Å². The zero-order chi connectivity index (χ0) is 16.1. The van der Waals surface area contributed by atoms with Crippen molar-refractivity contribution in [3.8, 4) is 11.1 Å². The van der Waals surface area contributed by atoms with Gasteiger partial charge < -0.3 is 15.1 Å². The van der Waals surface area contributed by atoms with Crippen LogP contribution in [-0.4, -0.2) is 15.1 Å². The molecule has 2 heterocycles. The molecular weight excluding hydrogens is 284 g/mol. The number of aromatic amines is 2. The average molecular weight is 304 g/mol. The number of aliphatic hydroxyl groups is 1. The van der Waals surface area contributed by atoms with E-state index in [1.165, 1.54) is 27.6 Å². The van der Waals surface area contributed by atoms with Crippen molar-refractivity contribution in [2.45, 2.75) is 27.4 Å². The number of H-pyrrole nitrogens is 2. The second-order valence-electron chi connectivity index (χ2n) is 6.29. The van der Waals surface area contributed by atoms with Crippen LogP contribution < -0.4 is 0 Å². The first-order valence-corrected chi connectivity index (χ1v) is 7.90. The van der Waals surface area contributed by atoms with Crippen molar-refractivity contribution in [2.75, 3.05) is 0 Å². The first kappa shape index (κ1) is 14.1. The molecule has 0 spiro atoms. The fourth-order valence-corrected chi connectivity index (χ4v) is 3.62. The third-order valence-corrected chi connectivity index (χ3v) is 4.68. The second-order valence-corrected chi connectivity index (χ2v) is 6.29. The van der Waals surface area contributed by atoms with Crippen molar-refractivity contribution in [1.29, 1.82) is 0 Å². The maximum absolute atomic E-state index is 9.76. The molecular formula is C20H20N2O.